The van der Waals surface area contributed by atoms with Crippen molar-refractivity contribution in [3.8, 4) is 0 Å². The average molecular weight is 1070 g/mol. The number of methoxy groups -OCH3 is 1. The Bertz CT molecular complexity index is 1230. The molecule has 0 amide bonds. The molecule has 5 aliphatic heterocycles. The fourth-order valence-electron chi connectivity index (χ4n) is 7.22. The molecule has 0 spiro atoms. The molecule has 1 radical (unpaired) electrons. The molecule has 18 unspecified atom stereocenters. The van der Waals surface area contributed by atoms with Crippen molar-refractivity contribution in [2.75, 3.05) is 40.1 Å². The summed E-state index contributed by atoms with van der Waals surface area (Å²) in [5.41, 5.74) is 8.68. The Morgan fingerprint density at radius 1 is 0.362 bits per heavy atom. The van der Waals surface area contributed by atoms with Gasteiger partial charge in [0.15, 0.2) is 25.2 Å². The monoisotopic (exact) mass is 1070 g/mol. The van der Waals surface area contributed by atoms with Crippen LogP contribution in [0, 0.1) is 44.1 Å². The second-order valence-corrected chi connectivity index (χ2v) is 14.2. The van der Waals surface area contributed by atoms with E-state index in [1.807, 2.05) is 0 Å². The first kappa shape index (κ1) is 51.0. The van der Waals surface area contributed by atoms with Gasteiger partial charge in [-0.2, -0.15) is 0 Å². The summed E-state index contributed by atoms with van der Waals surface area (Å²) >= 11 is 0. The number of rotatable bonds is 14. The zero-order valence-corrected chi connectivity index (χ0v) is 35.6. The van der Waals surface area contributed by atoms with Crippen molar-refractivity contribution in [2.45, 2.75) is 153 Å². The smallest absolute Gasteiger partial charge is 0.187 e. The average Bonchev–Trinajstić information content (AvgIpc) is 3.20. The third-order valence-corrected chi connectivity index (χ3v) is 10.6. The predicted octanol–water partition coefficient (Wildman–Crippen LogP) is -10.2. The van der Waals surface area contributed by atoms with E-state index < -0.39 is 187 Å². The molecule has 0 aliphatic carbocycles. The minimum atomic E-state index is -2.06. The Morgan fingerprint density at radius 2 is 0.690 bits per heavy atom. The second kappa shape index (κ2) is 22.3. The third kappa shape index (κ3) is 10.5. The fraction of sp³-hybridized carbons (Fsp3) is 1.00. The number of aliphatic hydroxyl groups is 15. The summed E-state index contributed by atoms with van der Waals surface area (Å²) in [7, 11) is 1.17. The molecule has 337 valence electrons. The van der Waals surface area contributed by atoms with Crippen LogP contribution in [0.3, 0.4) is 0 Å². The molecular formula is C31H54AcNO25-. The first-order valence-corrected chi connectivity index (χ1v) is 18.0. The summed E-state index contributed by atoms with van der Waals surface area (Å²) in [6, 6.07) is -1.90. The molecule has 5 fully saturated rings. The molecule has 58 heavy (non-hydrogen) atoms. The van der Waals surface area contributed by atoms with E-state index in [1.165, 1.54) is 7.11 Å². The van der Waals surface area contributed by atoms with Crippen molar-refractivity contribution in [3.05, 3.63) is 5.73 Å². The van der Waals surface area contributed by atoms with Crippen molar-refractivity contribution in [2.24, 2.45) is 0 Å². The van der Waals surface area contributed by atoms with Gasteiger partial charge >= 0.3 is 0 Å². The maximum absolute atomic E-state index is 11.3. The van der Waals surface area contributed by atoms with Gasteiger partial charge in [-0.1, -0.05) is 6.04 Å². The molecule has 5 saturated heterocycles. The van der Waals surface area contributed by atoms with Gasteiger partial charge in [0, 0.05) is 51.2 Å². The van der Waals surface area contributed by atoms with Gasteiger partial charge in [-0.25, -0.2) is 0 Å². The molecule has 0 saturated carbocycles. The molecule has 5 heterocycles. The van der Waals surface area contributed by atoms with Gasteiger partial charge in [-0.15, -0.1) is 0 Å². The number of nitrogens with one attached hydrogen (secondary N) is 1. The topological polar surface area (TPSA) is 420 Å². The van der Waals surface area contributed by atoms with E-state index in [4.69, 9.17) is 53.1 Å². The first-order valence-electron chi connectivity index (χ1n) is 18.0. The molecule has 5 aliphatic rings. The first-order chi connectivity index (χ1) is 27.1. The zero-order valence-electron chi connectivity index (χ0n) is 30.8. The largest absolute Gasteiger partial charge is 0.668 e. The Kier molecular flexibility index (Phi) is 19.7. The molecule has 0 aromatic rings. The normalized spacial score (nSPS) is 51.6. The summed E-state index contributed by atoms with van der Waals surface area (Å²) in [6.07, 6.45) is -42.3. The van der Waals surface area contributed by atoms with E-state index in [0.717, 1.165) is 0 Å². The van der Waals surface area contributed by atoms with Crippen molar-refractivity contribution in [1.29, 1.82) is 0 Å². The van der Waals surface area contributed by atoms with Crippen LogP contribution >= 0.6 is 0 Å². The van der Waals surface area contributed by atoms with E-state index >= 15 is 0 Å². The van der Waals surface area contributed by atoms with Crippen LogP contribution in [0.5, 0.6) is 0 Å². The van der Waals surface area contributed by atoms with Crippen LogP contribution in [-0.4, -0.2) is 270 Å². The zero-order chi connectivity index (χ0) is 42.0. The van der Waals surface area contributed by atoms with E-state index in [9.17, 15) is 76.6 Å². The van der Waals surface area contributed by atoms with Crippen LogP contribution < -0.4 is 0 Å². The van der Waals surface area contributed by atoms with Crippen molar-refractivity contribution in [3.63, 3.8) is 0 Å². The van der Waals surface area contributed by atoms with Gasteiger partial charge in [0.1, 0.15) is 116 Å². The second-order valence-electron chi connectivity index (χ2n) is 14.2. The fourth-order valence-corrected chi connectivity index (χ4v) is 7.22. The number of hydrogen-bond acceptors (Lipinski definition) is 25. The molecule has 5 rings (SSSR count). The molecule has 27 heteroatoms. The Morgan fingerprint density at radius 3 is 1.12 bits per heavy atom. The van der Waals surface area contributed by atoms with Gasteiger partial charge in [0.2, 0.25) is 0 Å². The molecule has 26 nitrogen and oxygen atoms in total. The van der Waals surface area contributed by atoms with E-state index in [-0.39, 0.29) is 44.1 Å². The molecule has 0 aromatic heterocycles. The number of hydrogen-bond donors (Lipinski definition) is 15. The number of ether oxygens (including phenoxy) is 10. The Hall–Kier alpha value is 0.402. The SMILES string of the molecule is COC1OC(CO)[C@@H](O[C@@H]2OC(CO)[C@H](O)C(O[C@@H]3OC(CO)[C@H](OC4OC(CO)[C@@H](O)C(OC5OC(CO)[C@@H](O)C(O)C5O)C4O)C(O)C3[NH-])C2O)C(O)C1O.[Ac]. The van der Waals surface area contributed by atoms with Crippen LogP contribution in [0.25, 0.3) is 5.73 Å². The maximum Gasteiger partial charge on any atom is 0.187 e. The van der Waals surface area contributed by atoms with E-state index in [0.29, 0.717) is 0 Å². The summed E-state index contributed by atoms with van der Waals surface area (Å²) in [6.45, 7) is -4.37. The standard InChI is InChI=1S/C31H54NO25.Ac/c1-48-28-20(45)18(43)24(11(6-37)53-28)55-31-21(46)25(14(39)8(3-34)51-31)56-27-12(32)16(41)23(10(5-36)52-27)54-30-22(47)26(15(40)9(4-35)50-30)57-29-19(44)17(42)13(38)7(2-33)49-29;/h7-47H,2-6H2,1H3;/q-1;/t7?,8?,9?,10?,11?,12?,13-,14+,15-,16?,17?,18?,19?,20?,21?,22?,23+,24-,25?,26?,27+,28?,29?,30?,31+;/m1./s1. The van der Waals surface area contributed by atoms with E-state index in [1.54, 1.807) is 0 Å². The molecule has 16 N–H and O–H groups in total. The summed E-state index contributed by atoms with van der Waals surface area (Å²) < 4.78 is 54.9. The van der Waals surface area contributed by atoms with Crippen molar-refractivity contribution < 1.29 is 168 Å². The summed E-state index contributed by atoms with van der Waals surface area (Å²) in [4.78, 5) is 0. The van der Waals surface area contributed by atoms with Gasteiger partial charge in [-0.3, -0.25) is 0 Å². The molecule has 0 bridgehead atoms. The molecule has 0 aromatic carbocycles. The van der Waals surface area contributed by atoms with Gasteiger partial charge in [0.05, 0.1) is 39.1 Å². The Labute approximate surface area is 365 Å². The number of aliphatic hydroxyl groups excluding tert-OH is 15. The van der Waals surface area contributed by atoms with Crippen LogP contribution in [0.15, 0.2) is 0 Å². The van der Waals surface area contributed by atoms with Crippen LogP contribution in [0.4, 0.5) is 0 Å². The van der Waals surface area contributed by atoms with Crippen LogP contribution in [-0.2, 0) is 47.4 Å². The summed E-state index contributed by atoms with van der Waals surface area (Å²) in [5.74, 6) is 0. The van der Waals surface area contributed by atoms with Crippen molar-refractivity contribution in [1.82, 2.24) is 0 Å². The minimum Gasteiger partial charge on any atom is -0.668 e. The van der Waals surface area contributed by atoms with Gasteiger partial charge in [-0.05, 0) is 0 Å². The van der Waals surface area contributed by atoms with Gasteiger partial charge in [0.25, 0.3) is 0 Å². The molecular weight excluding hydrogens is 1010 g/mol. The van der Waals surface area contributed by atoms with Crippen LogP contribution in [0.1, 0.15) is 0 Å². The quantitative estimate of drug-likeness (QED) is 0.0768. The minimum absolute atomic E-state index is 0. The Balaban J connectivity index is 0.00000744. The van der Waals surface area contributed by atoms with Crippen molar-refractivity contribution >= 4 is 0 Å². The summed E-state index contributed by atoms with van der Waals surface area (Å²) in [5, 5.41) is 157. The molecule has 25 atom stereocenters. The third-order valence-electron chi connectivity index (χ3n) is 10.6. The van der Waals surface area contributed by atoms with Gasteiger partial charge < -0.3 is 130 Å². The van der Waals surface area contributed by atoms with Crippen LogP contribution in [0.2, 0.25) is 0 Å². The maximum atomic E-state index is 11.3. The van der Waals surface area contributed by atoms with E-state index in [2.05, 4.69) is 0 Å². The predicted molar refractivity (Wildman–Crippen MR) is 173 cm³/mol.